The average Bonchev–Trinajstić information content (AvgIpc) is 3.04. The Morgan fingerprint density at radius 1 is 1.05 bits per heavy atom. The van der Waals surface area contributed by atoms with Crippen molar-refractivity contribution in [2.45, 2.75) is 6.42 Å². The fourth-order valence-electron chi connectivity index (χ4n) is 3.79. The van der Waals surface area contributed by atoms with Gasteiger partial charge >= 0.3 is 0 Å². The van der Waals surface area contributed by atoms with Gasteiger partial charge in [0.05, 0.1) is 17.5 Å². The maximum atomic E-state index is 12.5. The highest BCUT2D eigenvalue weighted by Gasteiger charge is 2.59. The second-order valence-corrected chi connectivity index (χ2v) is 5.53. The third-order valence-corrected chi connectivity index (χ3v) is 4.56. The van der Waals surface area contributed by atoms with Crippen LogP contribution in [-0.4, -0.2) is 16.9 Å². The van der Waals surface area contributed by atoms with Crippen molar-refractivity contribution in [3.63, 3.8) is 0 Å². The van der Waals surface area contributed by atoms with E-state index in [0.29, 0.717) is 5.69 Å². The van der Waals surface area contributed by atoms with Gasteiger partial charge in [0.25, 0.3) is 0 Å². The van der Waals surface area contributed by atoms with Gasteiger partial charge in [-0.1, -0.05) is 18.2 Å². The van der Waals surface area contributed by atoms with Gasteiger partial charge in [0.2, 0.25) is 11.8 Å². The van der Waals surface area contributed by atoms with Crippen LogP contribution in [-0.2, 0) is 9.59 Å². The van der Waals surface area contributed by atoms with Crippen molar-refractivity contribution in [1.29, 1.82) is 0 Å². The Kier molecular flexibility index (Phi) is 1.97. The first-order chi connectivity index (χ1) is 9.16. The van der Waals surface area contributed by atoms with E-state index >= 15 is 0 Å². The van der Waals surface area contributed by atoms with Crippen molar-refractivity contribution in [2.75, 3.05) is 4.90 Å². The van der Waals surface area contributed by atoms with Gasteiger partial charge in [-0.05, 0) is 30.4 Å². The van der Waals surface area contributed by atoms with E-state index in [2.05, 4.69) is 12.2 Å². The molecule has 0 spiro atoms. The lowest BCUT2D eigenvalue weighted by Crippen LogP contribution is -2.32. The molecule has 4 heteroatoms. The monoisotopic (exact) mass is 255 g/mol. The number of benzene rings is 1. The van der Waals surface area contributed by atoms with Crippen LogP contribution in [0, 0.1) is 23.7 Å². The third kappa shape index (κ3) is 1.28. The molecule has 1 aromatic rings. The van der Waals surface area contributed by atoms with Gasteiger partial charge in [-0.2, -0.15) is 0 Å². The summed E-state index contributed by atoms with van der Waals surface area (Å²) >= 11 is 0. The number of allylic oxidation sites excluding steroid dienone is 2. The number of phenols is 1. The number of hydrogen-bond donors (Lipinski definition) is 1. The number of carbonyl (C=O) groups excluding carboxylic acids is 2. The molecule has 0 unspecified atom stereocenters. The van der Waals surface area contributed by atoms with Crippen LogP contribution in [0.25, 0.3) is 0 Å². The quantitative estimate of drug-likeness (QED) is 0.614. The van der Waals surface area contributed by atoms with Crippen LogP contribution >= 0.6 is 0 Å². The Morgan fingerprint density at radius 3 is 2.26 bits per heavy atom. The minimum absolute atomic E-state index is 0.0660. The predicted molar refractivity (Wildman–Crippen MR) is 68.3 cm³/mol. The molecule has 4 nitrogen and oxygen atoms in total. The van der Waals surface area contributed by atoms with Crippen molar-refractivity contribution >= 4 is 17.5 Å². The minimum Gasteiger partial charge on any atom is -0.508 e. The standard InChI is InChI=1S/C15H13NO3/c17-11-3-1-2-10(7-11)16-14(18)12-8-4-5-9(6-8)13(12)15(16)19/h1-5,7-9,12-13,17H,6H2/t8-,9-,12-,13-/m1/s1. The second-order valence-electron chi connectivity index (χ2n) is 5.53. The molecular formula is C15H13NO3. The molecule has 1 aromatic carbocycles. The van der Waals surface area contributed by atoms with E-state index in [9.17, 15) is 14.7 Å². The van der Waals surface area contributed by atoms with E-state index in [1.807, 2.05) is 0 Å². The molecule has 0 aromatic heterocycles. The number of carbonyl (C=O) groups is 2. The molecule has 19 heavy (non-hydrogen) atoms. The molecule has 1 saturated heterocycles. The van der Waals surface area contributed by atoms with E-state index in [1.165, 1.54) is 17.0 Å². The van der Waals surface area contributed by atoms with Crippen LogP contribution < -0.4 is 4.90 Å². The molecule has 4 rings (SSSR count). The molecule has 1 heterocycles. The lowest BCUT2D eigenvalue weighted by atomic mass is 9.85. The number of hydrogen-bond acceptors (Lipinski definition) is 3. The molecule has 1 saturated carbocycles. The summed E-state index contributed by atoms with van der Waals surface area (Å²) in [6.45, 7) is 0. The predicted octanol–water partition coefficient (Wildman–Crippen LogP) is 1.70. The van der Waals surface area contributed by atoms with Crippen LogP contribution in [0.3, 0.4) is 0 Å². The molecule has 0 radical (unpaired) electrons. The maximum Gasteiger partial charge on any atom is 0.238 e. The average molecular weight is 255 g/mol. The first kappa shape index (κ1) is 10.8. The highest BCUT2D eigenvalue weighted by molar-refractivity contribution is 6.22. The summed E-state index contributed by atoms with van der Waals surface area (Å²) in [5, 5.41) is 9.50. The van der Waals surface area contributed by atoms with Gasteiger partial charge < -0.3 is 5.11 Å². The molecule has 2 fully saturated rings. The van der Waals surface area contributed by atoms with E-state index in [4.69, 9.17) is 0 Å². The summed E-state index contributed by atoms with van der Waals surface area (Å²) in [5.74, 6) is -0.108. The summed E-state index contributed by atoms with van der Waals surface area (Å²) in [5.41, 5.74) is 0.476. The van der Waals surface area contributed by atoms with Crippen LogP contribution in [0.2, 0.25) is 0 Å². The van der Waals surface area contributed by atoms with Crippen LogP contribution in [0.5, 0.6) is 5.75 Å². The fourth-order valence-corrected chi connectivity index (χ4v) is 3.79. The van der Waals surface area contributed by atoms with Crippen molar-refractivity contribution in [2.24, 2.45) is 23.7 Å². The number of rotatable bonds is 1. The Balaban J connectivity index is 1.77. The van der Waals surface area contributed by atoms with E-state index in [0.717, 1.165) is 6.42 Å². The number of anilines is 1. The molecule has 2 amide bonds. The normalized spacial score (nSPS) is 35.3. The highest BCUT2D eigenvalue weighted by Crippen LogP contribution is 2.53. The number of fused-ring (bicyclic) bond motifs is 5. The topological polar surface area (TPSA) is 57.6 Å². The molecule has 4 atom stereocenters. The Labute approximate surface area is 110 Å². The summed E-state index contributed by atoms with van der Waals surface area (Å²) in [6, 6.07) is 6.32. The van der Waals surface area contributed by atoms with Gasteiger partial charge in [-0.15, -0.1) is 0 Å². The van der Waals surface area contributed by atoms with Gasteiger partial charge in [0.15, 0.2) is 0 Å². The van der Waals surface area contributed by atoms with Gasteiger partial charge in [-0.3, -0.25) is 9.59 Å². The fraction of sp³-hybridized carbons (Fsp3) is 0.333. The minimum atomic E-state index is -0.190. The SMILES string of the molecule is O=C1[C@H]2[C@H](C(=O)N1c1cccc(O)c1)[C@@H]1C=C[C@@H]2C1. The summed E-state index contributed by atoms with van der Waals surface area (Å²) in [7, 11) is 0. The summed E-state index contributed by atoms with van der Waals surface area (Å²) in [4.78, 5) is 26.2. The number of aromatic hydroxyl groups is 1. The molecule has 3 aliphatic rings. The van der Waals surface area contributed by atoms with E-state index in [-0.39, 0.29) is 41.2 Å². The molecule has 2 aliphatic carbocycles. The molecule has 1 aliphatic heterocycles. The molecule has 1 N–H and O–H groups in total. The smallest absolute Gasteiger partial charge is 0.238 e. The first-order valence-corrected chi connectivity index (χ1v) is 6.52. The van der Waals surface area contributed by atoms with Gasteiger partial charge in [-0.25, -0.2) is 4.90 Å². The van der Waals surface area contributed by atoms with Crippen molar-refractivity contribution < 1.29 is 14.7 Å². The van der Waals surface area contributed by atoms with Crippen molar-refractivity contribution in [3.8, 4) is 5.75 Å². The van der Waals surface area contributed by atoms with Crippen LogP contribution in [0.1, 0.15) is 6.42 Å². The lowest BCUT2D eigenvalue weighted by Gasteiger charge is -2.17. The maximum absolute atomic E-state index is 12.5. The number of phenolic OH excluding ortho intramolecular Hbond substituents is 1. The Hall–Kier alpha value is -2.10. The van der Waals surface area contributed by atoms with Gasteiger partial charge in [0.1, 0.15) is 5.75 Å². The van der Waals surface area contributed by atoms with Crippen molar-refractivity contribution in [1.82, 2.24) is 0 Å². The second kappa shape index (κ2) is 3.47. The molecular weight excluding hydrogens is 242 g/mol. The van der Waals surface area contributed by atoms with E-state index < -0.39 is 0 Å². The number of nitrogens with zero attached hydrogens (tertiary/aromatic N) is 1. The lowest BCUT2D eigenvalue weighted by molar-refractivity contribution is -0.123. The zero-order valence-corrected chi connectivity index (χ0v) is 10.2. The van der Waals surface area contributed by atoms with Crippen LogP contribution in [0.4, 0.5) is 5.69 Å². The molecule has 2 bridgehead atoms. The third-order valence-electron chi connectivity index (χ3n) is 4.56. The Bertz CT molecular complexity index is 592. The van der Waals surface area contributed by atoms with Gasteiger partial charge in [0, 0.05) is 6.07 Å². The highest BCUT2D eigenvalue weighted by atomic mass is 16.3. The zero-order chi connectivity index (χ0) is 13.1. The summed E-state index contributed by atoms with van der Waals surface area (Å²) in [6.07, 6.45) is 5.08. The molecule has 96 valence electrons. The summed E-state index contributed by atoms with van der Waals surface area (Å²) < 4.78 is 0. The van der Waals surface area contributed by atoms with Crippen LogP contribution in [0.15, 0.2) is 36.4 Å². The first-order valence-electron chi connectivity index (χ1n) is 6.52. The zero-order valence-electron chi connectivity index (χ0n) is 10.2. The van der Waals surface area contributed by atoms with Crippen molar-refractivity contribution in [3.05, 3.63) is 36.4 Å². The van der Waals surface area contributed by atoms with E-state index in [1.54, 1.807) is 12.1 Å². The number of imide groups is 1. The Morgan fingerprint density at radius 2 is 1.68 bits per heavy atom. The number of amides is 2. The largest absolute Gasteiger partial charge is 0.508 e.